The van der Waals surface area contributed by atoms with Gasteiger partial charge in [0.2, 0.25) is 0 Å². The van der Waals surface area contributed by atoms with E-state index >= 15 is 0 Å². The standard InChI is InChI=1S/C15H9BrCl3N3O3/c1-7-14(16)21-4-2-3-11(15(21)20-7)25-6-8-9(17)5-10(18)13(12(8)19)22(23)24/h2-5H,6H2,1H3. The Hall–Kier alpha value is -1.54. The van der Waals surface area contributed by atoms with Gasteiger partial charge in [0, 0.05) is 11.8 Å². The number of imidazole rings is 1. The van der Waals surface area contributed by atoms with Gasteiger partial charge in [-0.15, -0.1) is 0 Å². The van der Waals surface area contributed by atoms with Gasteiger partial charge in [-0.2, -0.15) is 0 Å². The summed E-state index contributed by atoms with van der Waals surface area (Å²) < 4.78 is 8.40. The Morgan fingerprint density at radius 3 is 2.76 bits per heavy atom. The lowest BCUT2D eigenvalue weighted by Gasteiger charge is -2.11. The van der Waals surface area contributed by atoms with Crippen LogP contribution in [-0.4, -0.2) is 14.3 Å². The second-order valence-electron chi connectivity index (χ2n) is 5.08. The number of fused-ring (bicyclic) bond motifs is 1. The Labute approximate surface area is 165 Å². The lowest BCUT2D eigenvalue weighted by Crippen LogP contribution is -2.02. The number of nitro groups is 1. The van der Waals surface area contributed by atoms with E-state index in [0.717, 1.165) is 10.3 Å². The van der Waals surface area contributed by atoms with Gasteiger partial charge in [0.15, 0.2) is 11.4 Å². The number of hydrogen-bond acceptors (Lipinski definition) is 4. The highest BCUT2D eigenvalue weighted by Crippen LogP contribution is 2.40. The summed E-state index contributed by atoms with van der Waals surface area (Å²) >= 11 is 21.5. The molecule has 0 atom stereocenters. The first-order valence-electron chi connectivity index (χ1n) is 6.88. The minimum Gasteiger partial charge on any atom is -0.485 e. The second-order valence-corrected chi connectivity index (χ2v) is 7.02. The molecule has 0 saturated heterocycles. The van der Waals surface area contributed by atoms with Crippen LogP contribution >= 0.6 is 50.7 Å². The van der Waals surface area contributed by atoms with Crippen LogP contribution in [0.3, 0.4) is 0 Å². The zero-order chi connectivity index (χ0) is 18.3. The van der Waals surface area contributed by atoms with Gasteiger partial charge in [-0.3, -0.25) is 14.5 Å². The normalized spacial score (nSPS) is 11.1. The predicted molar refractivity (Wildman–Crippen MR) is 100 cm³/mol. The van der Waals surface area contributed by atoms with Crippen molar-refractivity contribution in [1.82, 2.24) is 9.38 Å². The van der Waals surface area contributed by atoms with Crippen molar-refractivity contribution in [2.75, 3.05) is 0 Å². The van der Waals surface area contributed by atoms with Gasteiger partial charge in [0.05, 0.1) is 15.6 Å². The molecule has 2 heterocycles. The monoisotopic (exact) mass is 463 g/mol. The summed E-state index contributed by atoms with van der Waals surface area (Å²) in [6.45, 7) is 1.79. The number of halogens is 4. The Bertz CT molecular complexity index is 1010. The van der Waals surface area contributed by atoms with Crippen molar-refractivity contribution in [3.63, 3.8) is 0 Å². The smallest absolute Gasteiger partial charge is 0.306 e. The van der Waals surface area contributed by atoms with E-state index in [0.29, 0.717) is 11.4 Å². The zero-order valence-corrected chi connectivity index (χ0v) is 16.4. The number of hydrogen-bond donors (Lipinski definition) is 0. The molecule has 2 aromatic heterocycles. The molecule has 0 saturated carbocycles. The molecule has 0 bridgehead atoms. The molecule has 3 aromatic rings. The van der Waals surface area contributed by atoms with Crippen molar-refractivity contribution in [3.05, 3.63) is 65.4 Å². The number of nitro benzene ring substituents is 1. The quantitative estimate of drug-likeness (QED) is 0.358. The van der Waals surface area contributed by atoms with Gasteiger partial charge in [-0.05, 0) is 41.1 Å². The van der Waals surface area contributed by atoms with Crippen LogP contribution in [0.1, 0.15) is 11.3 Å². The third kappa shape index (κ3) is 3.29. The summed E-state index contributed by atoms with van der Waals surface area (Å²) in [6, 6.07) is 4.81. The summed E-state index contributed by atoms with van der Waals surface area (Å²) in [5, 5.41) is 11.0. The molecule has 1 aromatic carbocycles. The molecule has 0 amide bonds. The van der Waals surface area contributed by atoms with E-state index in [9.17, 15) is 10.1 Å². The van der Waals surface area contributed by atoms with Crippen LogP contribution < -0.4 is 4.74 Å². The Morgan fingerprint density at radius 1 is 1.36 bits per heavy atom. The topological polar surface area (TPSA) is 69.7 Å². The second kappa shape index (κ2) is 6.99. The van der Waals surface area contributed by atoms with Crippen molar-refractivity contribution in [3.8, 4) is 5.75 Å². The maximum atomic E-state index is 11.1. The molecule has 25 heavy (non-hydrogen) atoms. The lowest BCUT2D eigenvalue weighted by molar-refractivity contribution is -0.384. The number of rotatable bonds is 4. The molecule has 0 fully saturated rings. The Kier molecular flexibility index (Phi) is 5.11. The average Bonchev–Trinajstić information content (AvgIpc) is 2.82. The first kappa shape index (κ1) is 18.3. The highest BCUT2D eigenvalue weighted by atomic mass is 79.9. The van der Waals surface area contributed by atoms with Gasteiger partial charge in [0.1, 0.15) is 21.3 Å². The number of pyridine rings is 1. The summed E-state index contributed by atoms with van der Waals surface area (Å²) in [6.07, 6.45) is 1.83. The molecule has 0 radical (unpaired) electrons. The van der Waals surface area contributed by atoms with Crippen LogP contribution in [0.5, 0.6) is 5.75 Å². The lowest BCUT2D eigenvalue weighted by atomic mass is 10.2. The van der Waals surface area contributed by atoms with E-state index in [1.54, 1.807) is 12.1 Å². The highest BCUT2D eigenvalue weighted by Gasteiger charge is 2.24. The fourth-order valence-corrected chi connectivity index (χ4v) is 3.69. The predicted octanol–water partition coefficient (Wildman–Crippen LogP) is 5.85. The summed E-state index contributed by atoms with van der Waals surface area (Å²) in [4.78, 5) is 14.9. The molecule has 3 rings (SSSR count). The molecule has 130 valence electrons. The molecule has 6 nitrogen and oxygen atoms in total. The van der Waals surface area contributed by atoms with E-state index in [-0.39, 0.29) is 27.2 Å². The zero-order valence-electron chi connectivity index (χ0n) is 12.6. The fraction of sp³-hybridized carbons (Fsp3) is 0.133. The van der Waals surface area contributed by atoms with Gasteiger partial charge in [-0.1, -0.05) is 34.8 Å². The summed E-state index contributed by atoms with van der Waals surface area (Å²) in [7, 11) is 0. The number of ether oxygens (including phenoxy) is 1. The van der Waals surface area contributed by atoms with E-state index in [1.165, 1.54) is 6.07 Å². The van der Waals surface area contributed by atoms with Crippen LogP contribution in [0.4, 0.5) is 5.69 Å². The number of benzene rings is 1. The molecule has 0 aliphatic rings. The molecule has 0 spiro atoms. The van der Waals surface area contributed by atoms with Crippen LogP contribution in [0.25, 0.3) is 5.65 Å². The van der Waals surface area contributed by atoms with E-state index in [1.807, 2.05) is 17.5 Å². The molecule has 0 unspecified atom stereocenters. The first-order chi connectivity index (χ1) is 11.8. The molecular weight excluding hydrogens is 456 g/mol. The Balaban J connectivity index is 1.99. The summed E-state index contributed by atoms with van der Waals surface area (Å²) in [5.41, 5.74) is 1.28. The molecule has 10 heteroatoms. The molecule has 0 aliphatic heterocycles. The maximum absolute atomic E-state index is 11.1. The summed E-state index contributed by atoms with van der Waals surface area (Å²) in [5.74, 6) is 0.487. The van der Waals surface area contributed by atoms with Crippen molar-refractivity contribution >= 4 is 62.1 Å². The van der Waals surface area contributed by atoms with Crippen molar-refractivity contribution in [2.45, 2.75) is 13.5 Å². The maximum Gasteiger partial charge on any atom is 0.306 e. The highest BCUT2D eigenvalue weighted by molar-refractivity contribution is 9.10. The largest absolute Gasteiger partial charge is 0.485 e. The molecule has 0 N–H and O–H groups in total. The Morgan fingerprint density at radius 2 is 2.08 bits per heavy atom. The third-order valence-corrected chi connectivity index (χ3v) is 5.50. The fourth-order valence-electron chi connectivity index (χ4n) is 2.31. The van der Waals surface area contributed by atoms with Gasteiger partial charge >= 0.3 is 5.69 Å². The van der Waals surface area contributed by atoms with Crippen LogP contribution in [0, 0.1) is 17.0 Å². The number of nitrogens with zero attached hydrogens (tertiary/aromatic N) is 3. The van der Waals surface area contributed by atoms with Crippen molar-refractivity contribution in [1.29, 1.82) is 0 Å². The average molecular weight is 466 g/mol. The van der Waals surface area contributed by atoms with Crippen molar-refractivity contribution < 1.29 is 9.66 Å². The molecule has 0 aliphatic carbocycles. The first-order valence-corrected chi connectivity index (χ1v) is 8.80. The van der Waals surface area contributed by atoms with Crippen molar-refractivity contribution in [2.24, 2.45) is 0 Å². The van der Waals surface area contributed by atoms with Gasteiger partial charge < -0.3 is 4.74 Å². The van der Waals surface area contributed by atoms with Gasteiger partial charge in [0.25, 0.3) is 0 Å². The van der Waals surface area contributed by atoms with Crippen LogP contribution in [0.15, 0.2) is 29.0 Å². The van der Waals surface area contributed by atoms with E-state index in [4.69, 9.17) is 39.5 Å². The third-order valence-electron chi connectivity index (χ3n) is 3.51. The minimum atomic E-state index is -0.652. The van der Waals surface area contributed by atoms with E-state index < -0.39 is 10.6 Å². The van der Waals surface area contributed by atoms with Gasteiger partial charge in [-0.25, -0.2) is 4.98 Å². The van der Waals surface area contributed by atoms with E-state index in [2.05, 4.69) is 20.9 Å². The number of aryl methyl sites for hydroxylation is 1. The SMILES string of the molecule is Cc1nc2c(OCc3c(Cl)cc(Cl)c([N+](=O)[O-])c3Cl)cccn2c1Br. The molecular formula is C15H9BrCl3N3O3. The minimum absolute atomic E-state index is 0.0706. The van der Waals surface area contributed by atoms with Crippen LogP contribution in [-0.2, 0) is 6.61 Å². The number of aromatic nitrogens is 2. The van der Waals surface area contributed by atoms with Crippen LogP contribution in [0.2, 0.25) is 15.1 Å².